The molecule has 1 saturated carbocycles. The molecule has 0 aromatic heterocycles. The van der Waals surface area contributed by atoms with E-state index in [9.17, 15) is 9.59 Å². The summed E-state index contributed by atoms with van der Waals surface area (Å²) in [6.07, 6.45) is 2.16. The molecule has 1 aliphatic heterocycles. The van der Waals surface area contributed by atoms with Crippen molar-refractivity contribution in [3.8, 4) is 0 Å². The minimum absolute atomic E-state index is 0.0231. The van der Waals surface area contributed by atoms with E-state index in [1.54, 1.807) is 16.8 Å². The maximum absolute atomic E-state index is 11.6. The van der Waals surface area contributed by atoms with Gasteiger partial charge in [0.05, 0.1) is 5.92 Å². The normalized spacial score (nSPS) is 21.6. The fourth-order valence-electron chi connectivity index (χ4n) is 1.63. The van der Waals surface area contributed by atoms with Crippen LogP contribution in [-0.2, 0) is 4.79 Å². The Hall–Kier alpha value is -1.26. The maximum Gasteiger partial charge on any atom is 0.320 e. The minimum atomic E-state index is -0.803. The van der Waals surface area contributed by atoms with Crippen LogP contribution >= 0.6 is 0 Å². The molecule has 2 rings (SSSR count). The van der Waals surface area contributed by atoms with E-state index in [1.165, 1.54) is 0 Å². The van der Waals surface area contributed by atoms with Crippen molar-refractivity contribution in [2.45, 2.75) is 18.9 Å². The molecule has 0 spiro atoms. The van der Waals surface area contributed by atoms with Crippen molar-refractivity contribution < 1.29 is 14.7 Å². The highest BCUT2D eigenvalue weighted by atomic mass is 16.4. The Labute approximate surface area is 82.3 Å². The summed E-state index contributed by atoms with van der Waals surface area (Å²) < 4.78 is 0. The predicted molar refractivity (Wildman–Crippen MR) is 48.9 cm³/mol. The highest BCUT2D eigenvalue weighted by molar-refractivity contribution is 5.80. The SMILES string of the molecule is CN(C(=O)N1CC(C(=O)O)C1)C1CC1. The van der Waals surface area contributed by atoms with E-state index in [4.69, 9.17) is 5.11 Å². The average Bonchev–Trinajstić information content (AvgIpc) is 2.81. The second-order valence-electron chi connectivity index (χ2n) is 4.06. The van der Waals surface area contributed by atoms with Gasteiger partial charge >= 0.3 is 12.0 Å². The summed E-state index contributed by atoms with van der Waals surface area (Å²) in [5, 5.41) is 8.64. The molecule has 0 radical (unpaired) electrons. The zero-order valence-corrected chi connectivity index (χ0v) is 8.14. The molecule has 1 heterocycles. The molecule has 1 aliphatic carbocycles. The number of carbonyl (C=O) groups is 2. The van der Waals surface area contributed by atoms with Crippen molar-refractivity contribution in [2.24, 2.45) is 5.92 Å². The summed E-state index contributed by atoms with van der Waals surface area (Å²) in [4.78, 5) is 25.5. The highest BCUT2D eigenvalue weighted by Crippen LogP contribution is 2.28. The van der Waals surface area contributed by atoms with Crippen LogP contribution in [-0.4, -0.2) is 53.1 Å². The second kappa shape index (κ2) is 3.15. The largest absolute Gasteiger partial charge is 0.481 e. The first-order valence-corrected chi connectivity index (χ1v) is 4.84. The van der Waals surface area contributed by atoms with Crippen LogP contribution in [0.4, 0.5) is 4.79 Å². The Morgan fingerprint density at radius 1 is 1.36 bits per heavy atom. The monoisotopic (exact) mass is 198 g/mol. The second-order valence-corrected chi connectivity index (χ2v) is 4.06. The molecule has 2 amide bonds. The molecule has 5 nitrogen and oxygen atoms in total. The van der Waals surface area contributed by atoms with Crippen LogP contribution in [0.15, 0.2) is 0 Å². The van der Waals surface area contributed by atoms with Crippen LogP contribution in [0.5, 0.6) is 0 Å². The highest BCUT2D eigenvalue weighted by Gasteiger charge is 2.39. The molecule has 0 atom stereocenters. The van der Waals surface area contributed by atoms with E-state index in [1.807, 2.05) is 0 Å². The number of amides is 2. The van der Waals surface area contributed by atoms with Gasteiger partial charge in [0.1, 0.15) is 0 Å². The van der Waals surface area contributed by atoms with E-state index in [-0.39, 0.29) is 11.9 Å². The van der Waals surface area contributed by atoms with Crippen LogP contribution in [0.1, 0.15) is 12.8 Å². The van der Waals surface area contributed by atoms with Crippen molar-refractivity contribution in [3.05, 3.63) is 0 Å². The number of likely N-dealkylation sites (tertiary alicyclic amines) is 1. The lowest BCUT2D eigenvalue weighted by molar-refractivity contribution is -0.146. The molecule has 0 aromatic carbocycles. The third-order valence-corrected chi connectivity index (χ3v) is 2.90. The number of hydrogen-bond donors (Lipinski definition) is 1. The number of urea groups is 1. The lowest BCUT2D eigenvalue weighted by Crippen LogP contribution is -2.56. The number of nitrogens with zero attached hydrogens (tertiary/aromatic N) is 2. The van der Waals surface area contributed by atoms with Crippen molar-refractivity contribution >= 4 is 12.0 Å². The summed E-state index contributed by atoms with van der Waals surface area (Å²) >= 11 is 0. The molecule has 0 aromatic rings. The van der Waals surface area contributed by atoms with E-state index >= 15 is 0 Å². The average molecular weight is 198 g/mol. The number of aliphatic carboxylic acids is 1. The number of rotatable bonds is 2. The number of carboxylic acid groups (broad SMARTS) is 1. The summed E-state index contributed by atoms with van der Waals surface area (Å²) in [7, 11) is 1.79. The number of carbonyl (C=O) groups excluding carboxylic acids is 1. The van der Waals surface area contributed by atoms with Gasteiger partial charge in [0.2, 0.25) is 0 Å². The van der Waals surface area contributed by atoms with Gasteiger partial charge in [-0.1, -0.05) is 0 Å². The third kappa shape index (κ3) is 1.54. The Bertz CT molecular complexity index is 269. The van der Waals surface area contributed by atoms with E-state index in [0.717, 1.165) is 12.8 Å². The molecular weight excluding hydrogens is 184 g/mol. The van der Waals surface area contributed by atoms with Gasteiger partial charge in [0.15, 0.2) is 0 Å². The van der Waals surface area contributed by atoms with Crippen molar-refractivity contribution in [2.75, 3.05) is 20.1 Å². The van der Waals surface area contributed by atoms with Gasteiger partial charge in [-0.3, -0.25) is 4.79 Å². The summed E-state index contributed by atoms with van der Waals surface area (Å²) in [5.41, 5.74) is 0. The lowest BCUT2D eigenvalue weighted by Gasteiger charge is -2.39. The molecule has 1 N–H and O–H groups in total. The van der Waals surface area contributed by atoms with Gasteiger partial charge in [-0.05, 0) is 12.8 Å². The van der Waals surface area contributed by atoms with Crippen LogP contribution in [0, 0.1) is 5.92 Å². The van der Waals surface area contributed by atoms with Gasteiger partial charge in [-0.15, -0.1) is 0 Å². The van der Waals surface area contributed by atoms with Crippen molar-refractivity contribution in [1.82, 2.24) is 9.80 Å². The summed E-state index contributed by atoms with van der Waals surface area (Å²) in [6.45, 7) is 0.733. The zero-order chi connectivity index (χ0) is 10.3. The molecule has 0 bridgehead atoms. The zero-order valence-electron chi connectivity index (χ0n) is 8.14. The molecule has 14 heavy (non-hydrogen) atoms. The van der Waals surface area contributed by atoms with Gasteiger partial charge in [-0.25, -0.2) is 4.79 Å². The van der Waals surface area contributed by atoms with Crippen LogP contribution in [0.25, 0.3) is 0 Å². The Morgan fingerprint density at radius 2 is 1.93 bits per heavy atom. The first-order valence-electron chi connectivity index (χ1n) is 4.84. The standard InChI is InChI=1S/C9H14N2O3/c1-10(7-2-3-7)9(14)11-4-6(5-11)8(12)13/h6-7H,2-5H2,1H3,(H,12,13). The molecule has 5 heteroatoms. The summed E-state index contributed by atoms with van der Waals surface area (Å²) in [6, 6.07) is 0.372. The van der Waals surface area contributed by atoms with E-state index in [2.05, 4.69) is 0 Å². The Balaban J connectivity index is 1.80. The smallest absolute Gasteiger partial charge is 0.320 e. The molecule has 0 unspecified atom stereocenters. The van der Waals surface area contributed by atoms with Crippen molar-refractivity contribution in [1.29, 1.82) is 0 Å². The minimum Gasteiger partial charge on any atom is -0.481 e. The third-order valence-electron chi connectivity index (χ3n) is 2.90. The van der Waals surface area contributed by atoms with Gasteiger partial charge in [0.25, 0.3) is 0 Å². The summed E-state index contributed by atoms with van der Waals surface area (Å²) in [5.74, 6) is -1.16. The van der Waals surface area contributed by atoms with Crippen LogP contribution in [0.2, 0.25) is 0 Å². The topological polar surface area (TPSA) is 60.9 Å². The number of carboxylic acids is 1. The van der Waals surface area contributed by atoms with Crippen LogP contribution < -0.4 is 0 Å². The first kappa shape index (κ1) is 9.30. The lowest BCUT2D eigenvalue weighted by atomic mass is 10.0. The first-order chi connectivity index (χ1) is 6.59. The van der Waals surface area contributed by atoms with Gasteiger partial charge in [0, 0.05) is 26.2 Å². The fourth-order valence-corrected chi connectivity index (χ4v) is 1.63. The van der Waals surface area contributed by atoms with Gasteiger partial charge in [-0.2, -0.15) is 0 Å². The molecule has 2 aliphatic rings. The number of hydrogen-bond acceptors (Lipinski definition) is 2. The molecular formula is C9H14N2O3. The quantitative estimate of drug-likeness (QED) is 0.690. The maximum atomic E-state index is 11.6. The van der Waals surface area contributed by atoms with Crippen molar-refractivity contribution in [3.63, 3.8) is 0 Å². The molecule has 1 saturated heterocycles. The molecule has 2 fully saturated rings. The predicted octanol–water partition coefficient (Wildman–Crippen LogP) is 0.217. The molecule has 78 valence electrons. The fraction of sp³-hybridized carbons (Fsp3) is 0.778. The Kier molecular flexibility index (Phi) is 2.09. The van der Waals surface area contributed by atoms with Gasteiger partial charge < -0.3 is 14.9 Å². The van der Waals surface area contributed by atoms with E-state index in [0.29, 0.717) is 19.1 Å². The Morgan fingerprint density at radius 3 is 2.36 bits per heavy atom. The van der Waals surface area contributed by atoms with E-state index < -0.39 is 5.97 Å². The van der Waals surface area contributed by atoms with Crippen LogP contribution in [0.3, 0.4) is 0 Å².